The van der Waals surface area contributed by atoms with Crippen molar-refractivity contribution in [2.75, 3.05) is 6.54 Å². The normalized spacial score (nSPS) is 11.8. The lowest BCUT2D eigenvalue weighted by molar-refractivity contribution is 0.509. The van der Waals surface area contributed by atoms with E-state index in [0.29, 0.717) is 12.5 Å². The van der Waals surface area contributed by atoms with Crippen molar-refractivity contribution in [3.8, 4) is 0 Å². The highest BCUT2D eigenvalue weighted by Crippen LogP contribution is 2.26. The van der Waals surface area contributed by atoms with Crippen LogP contribution in [0.1, 0.15) is 19.3 Å². The summed E-state index contributed by atoms with van der Waals surface area (Å²) in [6.45, 7) is 11.9. The average molecular weight is 220 g/mol. The highest BCUT2D eigenvalue weighted by molar-refractivity contribution is 5.74. The Hall–Kier alpha value is -1.51. The molecule has 0 aromatic carbocycles. The second kappa shape index (κ2) is 8.77. The summed E-state index contributed by atoms with van der Waals surface area (Å²) in [5.41, 5.74) is 5.28. The lowest BCUT2D eigenvalue weighted by atomic mass is 9.84. The maximum absolute atomic E-state index is 7.16. The van der Waals surface area contributed by atoms with Gasteiger partial charge in [0.2, 0.25) is 0 Å². The summed E-state index contributed by atoms with van der Waals surface area (Å²) in [4.78, 5) is 0. The molecule has 0 aliphatic rings. The Morgan fingerprint density at radius 3 is 2.12 bits per heavy atom. The van der Waals surface area contributed by atoms with E-state index in [1.54, 1.807) is 0 Å². The summed E-state index contributed by atoms with van der Waals surface area (Å²) < 4.78 is 0. The van der Waals surface area contributed by atoms with Crippen LogP contribution < -0.4 is 11.1 Å². The summed E-state index contributed by atoms with van der Waals surface area (Å²) in [6.07, 6.45) is 8.27. The predicted octanol–water partition coefficient (Wildman–Crippen LogP) is 2.39. The zero-order valence-corrected chi connectivity index (χ0v) is 9.84. The summed E-state index contributed by atoms with van der Waals surface area (Å²) >= 11 is 0. The van der Waals surface area contributed by atoms with E-state index in [2.05, 4.69) is 25.1 Å². The minimum absolute atomic E-state index is 0.00520. The van der Waals surface area contributed by atoms with Crippen LogP contribution >= 0.6 is 0 Å². The molecule has 0 aliphatic carbocycles. The molecule has 0 aliphatic heterocycles. The van der Waals surface area contributed by atoms with E-state index < -0.39 is 0 Å². The summed E-state index contributed by atoms with van der Waals surface area (Å²) in [7, 11) is 0. The summed E-state index contributed by atoms with van der Waals surface area (Å²) in [5, 5.41) is 10.0. The first-order valence-electron chi connectivity index (χ1n) is 5.40. The van der Waals surface area contributed by atoms with Gasteiger partial charge in [0.15, 0.2) is 5.96 Å². The fraction of sp³-hybridized carbons (Fsp3) is 0.385. The molecule has 1 unspecified atom stereocenters. The molecule has 1 atom stereocenters. The number of guanidine groups is 1. The van der Waals surface area contributed by atoms with Crippen LogP contribution in [0.2, 0.25) is 0 Å². The van der Waals surface area contributed by atoms with Crippen LogP contribution in [0.4, 0.5) is 0 Å². The Morgan fingerprint density at radius 2 is 1.75 bits per heavy atom. The molecule has 0 fully saturated rings. The van der Waals surface area contributed by atoms with Gasteiger partial charge in [-0.3, -0.25) is 5.41 Å². The van der Waals surface area contributed by atoms with Crippen LogP contribution in [0, 0.1) is 17.2 Å². The number of hydrogen-bond acceptors (Lipinski definition) is 1. The average Bonchev–Trinajstić information content (AvgIpc) is 2.24. The zero-order chi connectivity index (χ0) is 12.4. The van der Waals surface area contributed by atoms with Gasteiger partial charge in [-0.25, -0.2) is 0 Å². The third-order valence-corrected chi connectivity index (χ3v) is 2.38. The minimum atomic E-state index is 0.00520. The van der Waals surface area contributed by atoms with Crippen LogP contribution in [-0.2, 0) is 0 Å². The van der Waals surface area contributed by atoms with Crippen molar-refractivity contribution >= 4 is 5.96 Å². The molecule has 1 radical (unpaired) electrons. The molecule has 3 nitrogen and oxygen atoms in total. The van der Waals surface area contributed by atoms with Crippen molar-refractivity contribution in [1.82, 2.24) is 5.32 Å². The Balaban J connectivity index is 4.40. The van der Waals surface area contributed by atoms with Crippen molar-refractivity contribution in [2.24, 2.45) is 11.7 Å². The number of nitrogens with two attached hydrogens (primary N) is 1. The van der Waals surface area contributed by atoms with Gasteiger partial charge in [-0.05, 0) is 31.1 Å². The quantitative estimate of drug-likeness (QED) is 0.317. The third-order valence-electron chi connectivity index (χ3n) is 2.38. The van der Waals surface area contributed by atoms with Gasteiger partial charge in [0, 0.05) is 6.54 Å². The first-order valence-corrected chi connectivity index (χ1v) is 5.40. The SMILES string of the molecule is C=CC[C](CC=C)C(CC=C)CNC(=N)N. The Morgan fingerprint density at radius 1 is 1.19 bits per heavy atom. The van der Waals surface area contributed by atoms with Gasteiger partial charge in [0.25, 0.3) is 0 Å². The van der Waals surface area contributed by atoms with Gasteiger partial charge in [-0.2, -0.15) is 0 Å². The van der Waals surface area contributed by atoms with Crippen LogP contribution in [0.15, 0.2) is 38.0 Å². The first-order chi connectivity index (χ1) is 7.65. The molecular weight excluding hydrogens is 198 g/mol. The number of rotatable bonds is 9. The molecule has 0 spiro atoms. The Kier molecular flexibility index (Phi) is 7.94. The first kappa shape index (κ1) is 14.5. The molecule has 0 heterocycles. The highest BCUT2D eigenvalue weighted by atomic mass is 15.0. The Labute approximate surface area is 98.6 Å². The molecule has 16 heavy (non-hydrogen) atoms. The molecule has 0 aromatic rings. The van der Waals surface area contributed by atoms with E-state index in [1.807, 2.05) is 18.2 Å². The maximum Gasteiger partial charge on any atom is 0.185 e. The van der Waals surface area contributed by atoms with Gasteiger partial charge in [0.1, 0.15) is 0 Å². The lowest BCUT2D eigenvalue weighted by Gasteiger charge is -2.24. The largest absolute Gasteiger partial charge is 0.370 e. The number of nitrogens with one attached hydrogen (secondary N) is 2. The molecule has 0 bridgehead atoms. The topological polar surface area (TPSA) is 61.9 Å². The van der Waals surface area contributed by atoms with Crippen molar-refractivity contribution in [2.45, 2.75) is 19.3 Å². The molecule has 0 saturated carbocycles. The fourth-order valence-corrected chi connectivity index (χ4v) is 1.62. The molecule has 89 valence electrons. The molecule has 4 N–H and O–H groups in total. The molecule has 0 saturated heterocycles. The van der Waals surface area contributed by atoms with Crippen LogP contribution in [0.5, 0.6) is 0 Å². The summed E-state index contributed by atoms with van der Waals surface area (Å²) in [6, 6.07) is 0. The molecular formula is C13H22N3. The molecule has 3 heteroatoms. The van der Waals surface area contributed by atoms with Gasteiger partial charge in [-0.15, -0.1) is 19.7 Å². The number of hydrogen-bond donors (Lipinski definition) is 3. The summed E-state index contributed by atoms with van der Waals surface area (Å²) in [5.74, 6) is 1.68. The van der Waals surface area contributed by atoms with E-state index in [-0.39, 0.29) is 5.96 Å². The predicted molar refractivity (Wildman–Crippen MR) is 71.1 cm³/mol. The lowest BCUT2D eigenvalue weighted by Crippen LogP contribution is -2.36. The van der Waals surface area contributed by atoms with Gasteiger partial charge in [0.05, 0.1) is 0 Å². The van der Waals surface area contributed by atoms with Crippen molar-refractivity contribution in [3.63, 3.8) is 0 Å². The van der Waals surface area contributed by atoms with E-state index in [4.69, 9.17) is 11.1 Å². The van der Waals surface area contributed by atoms with Crippen LogP contribution in [-0.4, -0.2) is 12.5 Å². The zero-order valence-electron chi connectivity index (χ0n) is 9.84. The van der Waals surface area contributed by atoms with Gasteiger partial charge < -0.3 is 11.1 Å². The standard InChI is InChI=1S/C13H22N3/c1-4-7-11(8-5-2)12(9-6-3)10-16-13(14)15/h4-6,12H,1-3,7-10H2,(H4,14,15,16). The van der Waals surface area contributed by atoms with Gasteiger partial charge >= 0.3 is 0 Å². The van der Waals surface area contributed by atoms with Gasteiger partial charge in [-0.1, -0.05) is 18.2 Å². The molecule has 0 amide bonds. The molecule has 0 rings (SSSR count). The second-order valence-electron chi connectivity index (χ2n) is 3.66. The second-order valence-corrected chi connectivity index (χ2v) is 3.66. The smallest absolute Gasteiger partial charge is 0.185 e. The number of allylic oxidation sites excluding steroid dienone is 3. The fourth-order valence-electron chi connectivity index (χ4n) is 1.62. The van der Waals surface area contributed by atoms with Crippen molar-refractivity contribution in [3.05, 3.63) is 43.9 Å². The van der Waals surface area contributed by atoms with E-state index in [9.17, 15) is 0 Å². The van der Waals surface area contributed by atoms with E-state index in [1.165, 1.54) is 5.92 Å². The third kappa shape index (κ3) is 6.06. The molecule has 0 aromatic heterocycles. The van der Waals surface area contributed by atoms with Crippen LogP contribution in [0.3, 0.4) is 0 Å². The Bertz CT molecular complexity index is 236. The minimum Gasteiger partial charge on any atom is -0.370 e. The van der Waals surface area contributed by atoms with Crippen molar-refractivity contribution < 1.29 is 0 Å². The van der Waals surface area contributed by atoms with Crippen molar-refractivity contribution in [1.29, 1.82) is 5.41 Å². The van der Waals surface area contributed by atoms with E-state index in [0.717, 1.165) is 19.3 Å². The van der Waals surface area contributed by atoms with E-state index >= 15 is 0 Å². The monoisotopic (exact) mass is 220 g/mol. The highest BCUT2D eigenvalue weighted by Gasteiger charge is 2.18. The van der Waals surface area contributed by atoms with Crippen LogP contribution in [0.25, 0.3) is 0 Å². The maximum atomic E-state index is 7.16.